The molecule has 0 unspecified atom stereocenters. The van der Waals surface area contributed by atoms with Crippen LogP contribution < -0.4 is 14.4 Å². The number of anilines is 1. The van der Waals surface area contributed by atoms with E-state index in [9.17, 15) is 18.0 Å². The lowest BCUT2D eigenvalue weighted by Crippen LogP contribution is -2.52. The number of sulfonamides is 1. The first kappa shape index (κ1) is 26.7. The average molecular weight is 540 g/mol. The molecule has 0 aliphatic heterocycles. The summed E-state index contributed by atoms with van der Waals surface area (Å²) < 4.78 is 32.0. The summed E-state index contributed by atoms with van der Waals surface area (Å²) in [6.45, 7) is 4.99. The maximum Gasteiger partial charge on any atom is 0.244 e. The molecule has 0 saturated carbocycles. The van der Waals surface area contributed by atoms with Gasteiger partial charge in [-0.2, -0.15) is 0 Å². The van der Waals surface area contributed by atoms with Crippen LogP contribution in [0.25, 0.3) is 0 Å². The zero-order valence-corrected chi connectivity index (χ0v) is 21.8. The molecule has 8 nitrogen and oxygen atoms in total. The first-order valence-electron chi connectivity index (χ1n) is 10.4. The van der Waals surface area contributed by atoms with Crippen molar-refractivity contribution < 1.29 is 22.7 Å². The maximum atomic E-state index is 13.4. The first-order chi connectivity index (χ1) is 15.4. The van der Waals surface area contributed by atoms with Gasteiger partial charge in [0.2, 0.25) is 21.8 Å². The van der Waals surface area contributed by atoms with Gasteiger partial charge in [-0.3, -0.25) is 13.9 Å². The molecule has 0 radical (unpaired) electrons. The Labute approximate surface area is 204 Å². The van der Waals surface area contributed by atoms with E-state index in [2.05, 4.69) is 21.2 Å². The predicted octanol–water partition coefficient (Wildman–Crippen LogP) is 3.17. The molecule has 1 atom stereocenters. The van der Waals surface area contributed by atoms with E-state index in [4.69, 9.17) is 4.74 Å². The van der Waals surface area contributed by atoms with Gasteiger partial charge in [-0.15, -0.1) is 0 Å². The Morgan fingerprint density at radius 3 is 2.09 bits per heavy atom. The summed E-state index contributed by atoms with van der Waals surface area (Å²) in [5, 5.41) is 2.81. The predicted molar refractivity (Wildman–Crippen MR) is 133 cm³/mol. The Balaban J connectivity index is 2.36. The van der Waals surface area contributed by atoms with E-state index in [1.807, 2.05) is 13.8 Å². The number of carbonyl (C=O) groups is 2. The van der Waals surface area contributed by atoms with Gasteiger partial charge in [0.15, 0.2) is 0 Å². The Morgan fingerprint density at radius 1 is 1.03 bits per heavy atom. The van der Waals surface area contributed by atoms with Gasteiger partial charge in [-0.1, -0.05) is 28.1 Å². The van der Waals surface area contributed by atoms with Gasteiger partial charge >= 0.3 is 0 Å². The van der Waals surface area contributed by atoms with E-state index < -0.39 is 28.5 Å². The van der Waals surface area contributed by atoms with Gasteiger partial charge < -0.3 is 15.0 Å². The highest BCUT2D eigenvalue weighted by Gasteiger charge is 2.30. The second kappa shape index (κ2) is 11.5. The molecule has 10 heteroatoms. The molecule has 1 N–H and O–H groups in total. The summed E-state index contributed by atoms with van der Waals surface area (Å²) in [5.41, 5.74) is 1.14. The van der Waals surface area contributed by atoms with E-state index in [1.54, 1.807) is 62.6 Å². The Bertz CT molecular complexity index is 1060. The number of amides is 2. The number of ether oxygens (including phenoxy) is 1. The Hall–Kier alpha value is -2.59. The Morgan fingerprint density at radius 2 is 1.61 bits per heavy atom. The molecule has 0 bridgehead atoms. The van der Waals surface area contributed by atoms with Gasteiger partial charge in [0.05, 0.1) is 19.1 Å². The number of hydrogen-bond donors (Lipinski definition) is 1. The minimum absolute atomic E-state index is 0.104. The van der Waals surface area contributed by atoms with Crippen molar-refractivity contribution in [3.63, 3.8) is 0 Å². The van der Waals surface area contributed by atoms with Crippen LogP contribution in [-0.4, -0.2) is 57.1 Å². The van der Waals surface area contributed by atoms with E-state index in [1.165, 1.54) is 4.90 Å². The molecule has 33 heavy (non-hydrogen) atoms. The molecular formula is C23H30BrN3O5S. The number of hydrogen-bond acceptors (Lipinski definition) is 5. The number of rotatable bonds is 10. The van der Waals surface area contributed by atoms with Crippen LogP contribution in [0.3, 0.4) is 0 Å². The third-order valence-corrected chi connectivity index (χ3v) is 6.57. The van der Waals surface area contributed by atoms with Crippen molar-refractivity contribution in [1.82, 2.24) is 10.2 Å². The largest absolute Gasteiger partial charge is 0.497 e. The molecule has 2 amide bonds. The number of carbonyl (C=O) groups excluding carboxylic acids is 2. The normalized spacial score (nSPS) is 12.2. The number of benzene rings is 2. The van der Waals surface area contributed by atoms with Crippen molar-refractivity contribution in [2.24, 2.45) is 0 Å². The van der Waals surface area contributed by atoms with Crippen LogP contribution in [0.1, 0.15) is 26.3 Å². The van der Waals surface area contributed by atoms with Gasteiger partial charge in [-0.25, -0.2) is 8.42 Å². The van der Waals surface area contributed by atoms with Crippen LogP contribution in [0.2, 0.25) is 0 Å². The summed E-state index contributed by atoms with van der Waals surface area (Å²) >= 11 is 3.32. The van der Waals surface area contributed by atoms with Crippen LogP contribution in [0.4, 0.5) is 5.69 Å². The number of nitrogens with one attached hydrogen (secondary N) is 1. The summed E-state index contributed by atoms with van der Waals surface area (Å²) in [6, 6.07) is 12.8. The van der Waals surface area contributed by atoms with Crippen LogP contribution in [-0.2, 0) is 26.2 Å². The molecular weight excluding hydrogens is 510 g/mol. The fourth-order valence-corrected chi connectivity index (χ4v) is 4.25. The van der Waals surface area contributed by atoms with E-state index in [0.29, 0.717) is 11.4 Å². The average Bonchev–Trinajstić information content (AvgIpc) is 2.75. The molecule has 0 fully saturated rings. The molecule has 2 aromatic carbocycles. The number of methoxy groups -OCH3 is 1. The molecule has 0 heterocycles. The van der Waals surface area contributed by atoms with Gasteiger partial charge in [0, 0.05) is 17.1 Å². The highest BCUT2D eigenvalue weighted by molar-refractivity contribution is 9.10. The van der Waals surface area contributed by atoms with Crippen LogP contribution in [0, 0.1) is 0 Å². The molecule has 0 aliphatic carbocycles. The number of halogens is 1. The molecule has 180 valence electrons. The smallest absolute Gasteiger partial charge is 0.244 e. The van der Waals surface area contributed by atoms with E-state index in [0.717, 1.165) is 20.6 Å². The topological polar surface area (TPSA) is 96.0 Å². The fourth-order valence-electron chi connectivity index (χ4n) is 3.14. The van der Waals surface area contributed by atoms with Crippen molar-refractivity contribution >= 4 is 43.5 Å². The monoisotopic (exact) mass is 539 g/mol. The van der Waals surface area contributed by atoms with Crippen LogP contribution in [0.5, 0.6) is 5.75 Å². The maximum absolute atomic E-state index is 13.4. The van der Waals surface area contributed by atoms with Gasteiger partial charge in [0.25, 0.3) is 0 Å². The highest BCUT2D eigenvalue weighted by Crippen LogP contribution is 2.22. The summed E-state index contributed by atoms with van der Waals surface area (Å²) in [4.78, 5) is 27.5. The van der Waals surface area contributed by atoms with E-state index >= 15 is 0 Å². The van der Waals surface area contributed by atoms with E-state index in [-0.39, 0.29) is 18.5 Å². The molecule has 2 aromatic rings. The quantitative estimate of drug-likeness (QED) is 0.500. The third-order valence-electron chi connectivity index (χ3n) is 4.90. The SMILES string of the molecule is COc1ccc(CN(C(=O)CN(c2ccc(Br)cc2)S(C)(=O)=O)[C@H](C)C(=O)NC(C)C)cc1. The highest BCUT2D eigenvalue weighted by atomic mass is 79.9. The number of nitrogens with zero attached hydrogens (tertiary/aromatic N) is 2. The summed E-state index contributed by atoms with van der Waals surface area (Å²) in [7, 11) is -2.19. The molecule has 2 rings (SSSR count). The molecule has 0 saturated heterocycles. The first-order valence-corrected chi connectivity index (χ1v) is 13.0. The zero-order valence-electron chi connectivity index (χ0n) is 19.4. The molecule has 0 spiro atoms. The lowest BCUT2D eigenvalue weighted by Gasteiger charge is -2.32. The zero-order chi connectivity index (χ0) is 24.8. The van der Waals surface area contributed by atoms with Crippen LogP contribution >= 0.6 is 15.9 Å². The van der Waals surface area contributed by atoms with Crippen LogP contribution in [0.15, 0.2) is 53.0 Å². The standard InChI is InChI=1S/C23H30BrN3O5S/c1-16(2)25-23(29)17(3)26(14-18-6-12-21(32-4)13-7-18)22(28)15-27(33(5,30)31)20-10-8-19(24)9-11-20/h6-13,16-17H,14-15H2,1-5H3,(H,25,29)/t17-/m1/s1. The van der Waals surface area contributed by atoms with Gasteiger partial charge in [0.1, 0.15) is 18.3 Å². The molecule has 0 aliphatic rings. The minimum atomic E-state index is -3.75. The minimum Gasteiger partial charge on any atom is -0.497 e. The third kappa shape index (κ3) is 7.75. The van der Waals surface area contributed by atoms with Crippen molar-refractivity contribution in [1.29, 1.82) is 0 Å². The lowest BCUT2D eigenvalue weighted by atomic mass is 10.1. The van der Waals surface area contributed by atoms with Gasteiger partial charge in [-0.05, 0) is 62.7 Å². The van der Waals surface area contributed by atoms with Crippen molar-refractivity contribution in [3.05, 3.63) is 58.6 Å². The van der Waals surface area contributed by atoms with Crippen molar-refractivity contribution in [2.45, 2.75) is 39.4 Å². The second-order valence-electron chi connectivity index (χ2n) is 7.96. The summed E-state index contributed by atoms with van der Waals surface area (Å²) in [5.74, 6) is -0.146. The summed E-state index contributed by atoms with van der Waals surface area (Å²) in [6.07, 6.45) is 1.05. The van der Waals surface area contributed by atoms with Crippen molar-refractivity contribution in [2.75, 3.05) is 24.2 Å². The second-order valence-corrected chi connectivity index (χ2v) is 10.8. The van der Waals surface area contributed by atoms with Crippen molar-refractivity contribution in [3.8, 4) is 5.75 Å². The fraction of sp³-hybridized carbons (Fsp3) is 0.391. The molecule has 0 aromatic heterocycles. The lowest BCUT2D eigenvalue weighted by molar-refractivity contribution is -0.139. The Kier molecular flexibility index (Phi) is 9.30.